The summed E-state index contributed by atoms with van der Waals surface area (Å²) in [7, 11) is 0. The molecule has 5 heterocycles. The lowest BCUT2D eigenvalue weighted by molar-refractivity contribution is -0.135. The van der Waals surface area contributed by atoms with Gasteiger partial charge in [0.15, 0.2) is 5.01 Å². The van der Waals surface area contributed by atoms with Crippen LogP contribution in [0.1, 0.15) is 36.4 Å². The Bertz CT molecular complexity index is 1040. The number of amides is 1. The highest BCUT2D eigenvalue weighted by atomic mass is 32.1. The molecule has 2 fully saturated rings. The largest absolute Gasteiger partial charge is 0.336 e. The number of hydrogen-bond donors (Lipinski definition) is 1. The molecule has 0 aliphatic carbocycles. The average Bonchev–Trinajstić information content (AvgIpc) is 3.22. The predicted octanol–water partition coefficient (Wildman–Crippen LogP) is 2.48. The Labute approximate surface area is 167 Å². The van der Waals surface area contributed by atoms with E-state index in [1.807, 2.05) is 25.1 Å². The van der Waals surface area contributed by atoms with Crippen molar-refractivity contribution >= 4 is 28.1 Å². The second-order valence-electron chi connectivity index (χ2n) is 7.79. The Kier molecular flexibility index (Phi) is 4.32. The van der Waals surface area contributed by atoms with Crippen molar-refractivity contribution in [1.29, 1.82) is 0 Å². The van der Waals surface area contributed by atoms with E-state index in [1.54, 1.807) is 6.20 Å². The highest BCUT2D eigenvalue weighted by Crippen LogP contribution is 2.35. The van der Waals surface area contributed by atoms with Crippen molar-refractivity contribution < 1.29 is 4.79 Å². The molecule has 7 nitrogen and oxygen atoms in total. The van der Waals surface area contributed by atoms with Gasteiger partial charge in [-0.1, -0.05) is 11.3 Å². The first-order valence-corrected chi connectivity index (χ1v) is 10.5. The number of hydrogen-bond acceptors (Lipinski definition) is 7. The monoisotopic (exact) mass is 394 g/mol. The molecule has 1 amide bonds. The van der Waals surface area contributed by atoms with Gasteiger partial charge in [-0.05, 0) is 50.8 Å². The molecule has 2 bridgehead atoms. The normalized spacial score (nSPS) is 24.1. The second-order valence-corrected chi connectivity index (χ2v) is 8.97. The number of carbonyl (C=O) groups is 1. The minimum absolute atomic E-state index is 0.155. The van der Waals surface area contributed by atoms with Crippen molar-refractivity contribution in [2.75, 3.05) is 0 Å². The summed E-state index contributed by atoms with van der Waals surface area (Å²) in [5, 5.41) is 10.9. The van der Waals surface area contributed by atoms with Gasteiger partial charge >= 0.3 is 0 Å². The van der Waals surface area contributed by atoms with Gasteiger partial charge in [0.25, 0.3) is 0 Å². The molecular formula is C20H22N6OS. The van der Waals surface area contributed by atoms with Crippen LogP contribution in [0.15, 0.2) is 24.4 Å². The Balaban J connectivity index is 1.39. The van der Waals surface area contributed by atoms with E-state index in [0.717, 1.165) is 58.0 Å². The lowest BCUT2D eigenvalue weighted by atomic mass is 9.97. The molecule has 2 N–H and O–H groups in total. The molecule has 2 aliphatic heterocycles. The van der Waals surface area contributed by atoms with Crippen LogP contribution in [0, 0.1) is 6.92 Å². The van der Waals surface area contributed by atoms with Gasteiger partial charge in [0.1, 0.15) is 10.7 Å². The maximum atomic E-state index is 13.0. The first-order valence-electron chi connectivity index (χ1n) is 9.70. The van der Waals surface area contributed by atoms with Gasteiger partial charge in [-0.3, -0.25) is 9.78 Å². The summed E-state index contributed by atoms with van der Waals surface area (Å²) < 4.78 is 0. The minimum atomic E-state index is 0.155. The molecule has 1 unspecified atom stereocenters. The molecule has 3 atom stereocenters. The van der Waals surface area contributed by atoms with Crippen molar-refractivity contribution in [2.24, 2.45) is 5.73 Å². The van der Waals surface area contributed by atoms with E-state index in [0.29, 0.717) is 18.5 Å². The number of carbonyl (C=O) groups excluding carboxylic acids is 1. The van der Waals surface area contributed by atoms with E-state index in [2.05, 4.69) is 20.1 Å². The number of aromatic nitrogens is 4. The smallest absolute Gasteiger partial charge is 0.229 e. The lowest BCUT2D eigenvalue weighted by Crippen LogP contribution is -2.50. The highest BCUT2D eigenvalue weighted by molar-refractivity contribution is 7.14. The maximum absolute atomic E-state index is 13.0. The van der Waals surface area contributed by atoms with E-state index in [-0.39, 0.29) is 11.9 Å². The third-order valence-electron chi connectivity index (χ3n) is 5.77. The molecule has 3 aromatic rings. The van der Waals surface area contributed by atoms with E-state index in [9.17, 15) is 4.79 Å². The van der Waals surface area contributed by atoms with E-state index in [1.165, 1.54) is 11.3 Å². The van der Waals surface area contributed by atoms with Crippen LogP contribution in [0.25, 0.3) is 21.6 Å². The van der Waals surface area contributed by atoms with Crippen LogP contribution in [0.2, 0.25) is 0 Å². The Hall–Kier alpha value is -2.45. The topological polar surface area (TPSA) is 97.9 Å². The van der Waals surface area contributed by atoms with Gasteiger partial charge < -0.3 is 10.6 Å². The molecule has 2 aliphatic rings. The second kappa shape index (κ2) is 6.86. The first kappa shape index (κ1) is 17.6. The van der Waals surface area contributed by atoms with Crippen molar-refractivity contribution in [3.8, 4) is 10.7 Å². The number of rotatable bonds is 3. The van der Waals surface area contributed by atoms with E-state index in [4.69, 9.17) is 10.7 Å². The number of nitrogens with two attached hydrogens (primary N) is 1. The van der Waals surface area contributed by atoms with E-state index >= 15 is 0 Å². The molecular weight excluding hydrogens is 372 g/mol. The first-order chi connectivity index (χ1) is 13.6. The third-order valence-corrected chi connectivity index (χ3v) is 6.63. The van der Waals surface area contributed by atoms with Crippen LogP contribution in [0.4, 0.5) is 0 Å². The SMILES string of the molecule is Cc1nnc(-c2ccc3cnc(CC(=O)N4[C@@H]5CC[C@H]4CC(N)C5)cc3n2)s1. The quantitative estimate of drug-likeness (QED) is 0.733. The van der Waals surface area contributed by atoms with Gasteiger partial charge in [-0.25, -0.2) is 4.98 Å². The minimum Gasteiger partial charge on any atom is -0.336 e. The molecule has 2 saturated heterocycles. The van der Waals surface area contributed by atoms with Crippen molar-refractivity contribution in [3.63, 3.8) is 0 Å². The van der Waals surface area contributed by atoms with Gasteiger partial charge in [0.05, 0.1) is 17.6 Å². The fourth-order valence-corrected chi connectivity index (χ4v) is 5.21. The van der Waals surface area contributed by atoms with Crippen molar-refractivity contribution in [3.05, 3.63) is 35.1 Å². The molecule has 0 aromatic carbocycles. The van der Waals surface area contributed by atoms with Crippen LogP contribution in [0.3, 0.4) is 0 Å². The zero-order valence-corrected chi connectivity index (χ0v) is 16.5. The van der Waals surface area contributed by atoms with E-state index < -0.39 is 0 Å². The van der Waals surface area contributed by atoms with Crippen LogP contribution in [-0.4, -0.2) is 49.1 Å². The summed E-state index contributed by atoms with van der Waals surface area (Å²) in [6, 6.07) is 6.66. The molecule has 5 rings (SSSR count). The standard InChI is InChI=1S/C20H22N6OS/c1-11-24-25-20(28-11)17-5-2-12-10-22-14(8-18(12)23-17)9-19(27)26-15-3-4-16(26)7-13(21)6-15/h2,5,8,10,13,15-16H,3-4,6-7,9,21H2,1H3/t13?,15-,16+. The Morgan fingerprint density at radius 1 is 1.25 bits per heavy atom. The molecule has 3 aromatic heterocycles. The molecule has 0 radical (unpaired) electrons. The molecule has 0 spiro atoms. The number of piperidine rings is 1. The zero-order valence-electron chi connectivity index (χ0n) is 15.7. The van der Waals surface area contributed by atoms with Crippen LogP contribution in [0.5, 0.6) is 0 Å². The third kappa shape index (κ3) is 3.16. The summed E-state index contributed by atoms with van der Waals surface area (Å²) in [5.41, 5.74) is 8.51. The number of fused-ring (bicyclic) bond motifs is 3. The van der Waals surface area contributed by atoms with Gasteiger partial charge in [0, 0.05) is 29.7 Å². The Morgan fingerprint density at radius 3 is 2.75 bits per heavy atom. The zero-order chi connectivity index (χ0) is 19.3. The molecule has 28 heavy (non-hydrogen) atoms. The Morgan fingerprint density at radius 2 is 2.04 bits per heavy atom. The lowest BCUT2D eigenvalue weighted by Gasteiger charge is -2.37. The van der Waals surface area contributed by atoms with Crippen molar-refractivity contribution in [2.45, 2.75) is 57.2 Å². The van der Waals surface area contributed by atoms with Gasteiger partial charge in [0.2, 0.25) is 5.91 Å². The summed E-state index contributed by atoms with van der Waals surface area (Å²) in [4.78, 5) is 24.3. The fourth-order valence-electron chi connectivity index (χ4n) is 4.55. The van der Waals surface area contributed by atoms with Gasteiger partial charge in [-0.2, -0.15) is 0 Å². The highest BCUT2D eigenvalue weighted by Gasteiger charge is 2.41. The fraction of sp³-hybridized carbons (Fsp3) is 0.450. The number of nitrogens with zero attached hydrogens (tertiary/aromatic N) is 5. The van der Waals surface area contributed by atoms with Crippen LogP contribution in [-0.2, 0) is 11.2 Å². The van der Waals surface area contributed by atoms with Crippen LogP contribution >= 0.6 is 11.3 Å². The number of pyridine rings is 2. The summed E-state index contributed by atoms with van der Waals surface area (Å²) >= 11 is 1.52. The van der Waals surface area contributed by atoms with Crippen LogP contribution < -0.4 is 5.73 Å². The van der Waals surface area contributed by atoms with Gasteiger partial charge in [-0.15, -0.1) is 10.2 Å². The molecule has 0 saturated carbocycles. The summed E-state index contributed by atoms with van der Waals surface area (Å²) in [5.74, 6) is 0.155. The summed E-state index contributed by atoms with van der Waals surface area (Å²) in [6.45, 7) is 1.93. The predicted molar refractivity (Wildman–Crippen MR) is 108 cm³/mol. The maximum Gasteiger partial charge on any atom is 0.229 e. The number of aryl methyl sites for hydroxylation is 1. The average molecular weight is 395 g/mol. The van der Waals surface area contributed by atoms with Crippen molar-refractivity contribution in [1.82, 2.24) is 25.1 Å². The molecule has 144 valence electrons. The summed E-state index contributed by atoms with van der Waals surface area (Å²) in [6.07, 6.45) is 6.07. The molecule has 8 heteroatoms.